The number of aliphatic hydroxyl groups is 1. The lowest BCUT2D eigenvalue weighted by atomic mass is 10.0. The Balaban J connectivity index is 2.04. The summed E-state index contributed by atoms with van der Waals surface area (Å²) >= 11 is 0. The first-order valence-corrected chi connectivity index (χ1v) is 5.82. The highest BCUT2D eigenvalue weighted by atomic mass is 16.3. The normalized spacial score (nSPS) is 19.1. The number of aliphatic hydroxyl groups excluding tert-OH is 1. The van der Waals surface area contributed by atoms with E-state index in [1.165, 1.54) is 0 Å². The fraction of sp³-hybridized carbons (Fsp3) is 0.500. The van der Waals surface area contributed by atoms with Gasteiger partial charge in [-0.3, -0.25) is 9.78 Å². The van der Waals surface area contributed by atoms with Crippen molar-refractivity contribution in [3.63, 3.8) is 0 Å². The zero-order chi connectivity index (χ0) is 12.3. The molecule has 0 bridgehead atoms. The molecule has 3 N–H and O–H groups in total. The van der Waals surface area contributed by atoms with Crippen LogP contribution in [0.2, 0.25) is 0 Å². The highest BCUT2D eigenvalue weighted by Crippen LogP contribution is 2.18. The molecule has 0 aromatic carbocycles. The fourth-order valence-corrected chi connectivity index (χ4v) is 2.05. The van der Waals surface area contributed by atoms with Gasteiger partial charge in [0.2, 0.25) is 5.91 Å². The molecular formula is C12H17N3O2. The molecular weight excluding hydrogens is 218 g/mol. The molecule has 1 aliphatic rings. The Morgan fingerprint density at radius 1 is 1.35 bits per heavy atom. The van der Waals surface area contributed by atoms with Gasteiger partial charge in [-0.05, 0) is 30.5 Å². The summed E-state index contributed by atoms with van der Waals surface area (Å²) in [4.78, 5) is 17.6. The van der Waals surface area contributed by atoms with Crippen LogP contribution >= 0.6 is 0 Å². The second kappa shape index (κ2) is 5.25. The van der Waals surface area contributed by atoms with Gasteiger partial charge in [-0.1, -0.05) is 0 Å². The van der Waals surface area contributed by atoms with E-state index >= 15 is 0 Å². The summed E-state index contributed by atoms with van der Waals surface area (Å²) in [5, 5.41) is 10.0. The average molecular weight is 235 g/mol. The van der Waals surface area contributed by atoms with E-state index in [0.29, 0.717) is 5.56 Å². The molecule has 1 saturated heterocycles. The molecule has 5 heteroatoms. The van der Waals surface area contributed by atoms with Crippen molar-refractivity contribution in [2.45, 2.75) is 25.0 Å². The van der Waals surface area contributed by atoms with Crippen molar-refractivity contribution in [2.24, 2.45) is 5.73 Å². The standard InChI is InChI=1S/C12H17N3O2/c13-10(12(17)15-7-1-2-8-15)11(16)9-3-5-14-6-4-9/h3-6,10-11,16H,1-2,7-8,13H2. The first-order valence-electron chi connectivity index (χ1n) is 5.82. The first-order chi connectivity index (χ1) is 8.20. The fourth-order valence-electron chi connectivity index (χ4n) is 2.05. The van der Waals surface area contributed by atoms with Gasteiger partial charge < -0.3 is 15.7 Å². The molecule has 1 aliphatic heterocycles. The van der Waals surface area contributed by atoms with Crippen LogP contribution in [0.15, 0.2) is 24.5 Å². The van der Waals surface area contributed by atoms with Crippen molar-refractivity contribution in [1.82, 2.24) is 9.88 Å². The van der Waals surface area contributed by atoms with Gasteiger partial charge in [0, 0.05) is 25.5 Å². The summed E-state index contributed by atoms with van der Waals surface area (Å²) in [5.74, 6) is -0.174. The Hall–Kier alpha value is -1.46. The van der Waals surface area contributed by atoms with Crippen LogP contribution < -0.4 is 5.73 Å². The molecule has 1 aromatic heterocycles. The zero-order valence-electron chi connectivity index (χ0n) is 9.62. The predicted molar refractivity (Wildman–Crippen MR) is 63.0 cm³/mol. The Kier molecular flexibility index (Phi) is 3.71. The Labute approximate surface area is 100 Å². The Bertz CT molecular complexity index is 377. The van der Waals surface area contributed by atoms with Crippen LogP contribution in [0.5, 0.6) is 0 Å². The van der Waals surface area contributed by atoms with Gasteiger partial charge in [-0.2, -0.15) is 0 Å². The van der Waals surface area contributed by atoms with Crippen molar-refractivity contribution in [3.05, 3.63) is 30.1 Å². The van der Waals surface area contributed by atoms with Crippen LogP contribution in [0.1, 0.15) is 24.5 Å². The van der Waals surface area contributed by atoms with Crippen molar-refractivity contribution >= 4 is 5.91 Å². The summed E-state index contributed by atoms with van der Waals surface area (Å²) in [6, 6.07) is 2.44. The zero-order valence-corrected chi connectivity index (χ0v) is 9.62. The molecule has 2 rings (SSSR count). The summed E-state index contributed by atoms with van der Waals surface area (Å²) in [6.45, 7) is 1.49. The number of amides is 1. The van der Waals surface area contributed by atoms with Gasteiger partial charge in [0.05, 0.1) is 0 Å². The highest BCUT2D eigenvalue weighted by Gasteiger charge is 2.29. The minimum Gasteiger partial charge on any atom is -0.386 e. The third-order valence-electron chi connectivity index (χ3n) is 3.09. The molecule has 1 amide bonds. The average Bonchev–Trinajstić information content (AvgIpc) is 2.91. The topological polar surface area (TPSA) is 79.5 Å². The molecule has 1 aromatic rings. The Morgan fingerprint density at radius 3 is 2.53 bits per heavy atom. The maximum atomic E-state index is 12.0. The number of hydrogen-bond acceptors (Lipinski definition) is 4. The minimum atomic E-state index is -0.967. The van der Waals surface area contributed by atoms with E-state index in [-0.39, 0.29) is 5.91 Å². The van der Waals surface area contributed by atoms with Crippen LogP contribution in [0.4, 0.5) is 0 Å². The monoisotopic (exact) mass is 235 g/mol. The number of carbonyl (C=O) groups excluding carboxylic acids is 1. The summed E-state index contributed by atoms with van der Waals surface area (Å²) in [7, 11) is 0. The van der Waals surface area contributed by atoms with Crippen LogP contribution in [-0.2, 0) is 4.79 Å². The highest BCUT2D eigenvalue weighted by molar-refractivity contribution is 5.82. The number of nitrogens with two attached hydrogens (primary N) is 1. The number of nitrogens with zero attached hydrogens (tertiary/aromatic N) is 2. The molecule has 1 fully saturated rings. The molecule has 92 valence electrons. The van der Waals surface area contributed by atoms with Gasteiger partial charge in [-0.15, -0.1) is 0 Å². The lowest BCUT2D eigenvalue weighted by molar-refractivity contribution is -0.134. The number of likely N-dealkylation sites (tertiary alicyclic amines) is 1. The summed E-state index contributed by atoms with van der Waals surface area (Å²) in [5.41, 5.74) is 6.44. The maximum absolute atomic E-state index is 12.0. The van der Waals surface area contributed by atoms with Gasteiger partial charge >= 0.3 is 0 Å². The molecule has 2 heterocycles. The Morgan fingerprint density at radius 2 is 1.94 bits per heavy atom. The first kappa shape index (κ1) is 12.0. The minimum absolute atomic E-state index is 0.174. The van der Waals surface area contributed by atoms with E-state index in [1.807, 2.05) is 0 Å². The van der Waals surface area contributed by atoms with Crippen LogP contribution in [0, 0.1) is 0 Å². The van der Waals surface area contributed by atoms with E-state index in [4.69, 9.17) is 5.73 Å². The van der Waals surface area contributed by atoms with Crippen LogP contribution in [0.3, 0.4) is 0 Å². The second-order valence-electron chi connectivity index (χ2n) is 4.28. The van der Waals surface area contributed by atoms with Crippen LogP contribution in [-0.4, -0.2) is 40.0 Å². The number of aromatic nitrogens is 1. The lowest BCUT2D eigenvalue weighted by Gasteiger charge is -2.23. The quantitative estimate of drug-likeness (QED) is 0.776. The molecule has 17 heavy (non-hydrogen) atoms. The summed E-state index contributed by atoms with van der Waals surface area (Å²) in [6.07, 6.45) is 4.22. The van der Waals surface area contributed by atoms with E-state index in [9.17, 15) is 9.90 Å². The maximum Gasteiger partial charge on any atom is 0.242 e. The van der Waals surface area contributed by atoms with Crippen LogP contribution in [0.25, 0.3) is 0 Å². The number of pyridine rings is 1. The van der Waals surface area contributed by atoms with Crippen molar-refractivity contribution < 1.29 is 9.90 Å². The van der Waals surface area contributed by atoms with Gasteiger partial charge in [-0.25, -0.2) is 0 Å². The molecule has 5 nitrogen and oxygen atoms in total. The van der Waals surface area contributed by atoms with E-state index in [0.717, 1.165) is 25.9 Å². The predicted octanol–water partition coefficient (Wildman–Crippen LogP) is 0.0647. The largest absolute Gasteiger partial charge is 0.386 e. The smallest absolute Gasteiger partial charge is 0.242 e. The van der Waals surface area contributed by atoms with Crippen molar-refractivity contribution in [1.29, 1.82) is 0 Å². The number of hydrogen-bond donors (Lipinski definition) is 2. The van der Waals surface area contributed by atoms with E-state index in [2.05, 4.69) is 4.98 Å². The van der Waals surface area contributed by atoms with Crippen molar-refractivity contribution in [2.75, 3.05) is 13.1 Å². The summed E-state index contributed by atoms with van der Waals surface area (Å²) < 4.78 is 0. The molecule has 0 radical (unpaired) electrons. The molecule has 2 unspecified atom stereocenters. The third kappa shape index (κ3) is 2.62. The second-order valence-corrected chi connectivity index (χ2v) is 4.28. The SMILES string of the molecule is NC(C(=O)N1CCCC1)C(O)c1ccncc1. The van der Waals surface area contributed by atoms with E-state index < -0.39 is 12.1 Å². The van der Waals surface area contributed by atoms with Gasteiger partial charge in [0.1, 0.15) is 12.1 Å². The molecule has 0 spiro atoms. The van der Waals surface area contributed by atoms with E-state index in [1.54, 1.807) is 29.4 Å². The molecule has 2 atom stereocenters. The van der Waals surface area contributed by atoms with Gasteiger partial charge in [0.25, 0.3) is 0 Å². The lowest BCUT2D eigenvalue weighted by Crippen LogP contribution is -2.45. The molecule has 0 aliphatic carbocycles. The third-order valence-corrected chi connectivity index (χ3v) is 3.09. The number of rotatable bonds is 3. The number of carbonyl (C=O) groups is 1. The molecule has 0 saturated carbocycles. The van der Waals surface area contributed by atoms with Crippen molar-refractivity contribution in [3.8, 4) is 0 Å². The van der Waals surface area contributed by atoms with Gasteiger partial charge in [0.15, 0.2) is 0 Å².